The number of nitrogens with zero attached hydrogens (tertiary/aromatic N) is 1. The second-order valence-electron chi connectivity index (χ2n) is 6.50. The number of rotatable bonds is 5. The van der Waals surface area contributed by atoms with Crippen molar-refractivity contribution in [1.82, 2.24) is 5.32 Å². The van der Waals surface area contributed by atoms with Crippen LogP contribution in [0.3, 0.4) is 0 Å². The molecular weight excluding hydrogens is 308 g/mol. The van der Waals surface area contributed by atoms with E-state index in [1.165, 1.54) is 5.69 Å². The third-order valence-electron chi connectivity index (χ3n) is 4.86. The van der Waals surface area contributed by atoms with Gasteiger partial charge in [-0.1, -0.05) is 12.1 Å². The lowest BCUT2D eigenvalue weighted by Crippen LogP contribution is -2.34. The van der Waals surface area contributed by atoms with Crippen LogP contribution in [-0.2, 0) is 11.3 Å². The van der Waals surface area contributed by atoms with Gasteiger partial charge in [0.1, 0.15) is 0 Å². The maximum Gasteiger partial charge on any atom is 0.233 e. The number of carbonyl (C=O) groups is 1. The number of amides is 1. The number of aliphatic hydroxyl groups is 1. The molecule has 3 rings (SSSR count). The molecule has 1 amide bonds. The van der Waals surface area contributed by atoms with Crippen molar-refractivity contribution < 1.29 is 9.90 Å². The van der Waals surface area contributed by atoms with Gasteiger partial charge in [0, 0.05) is 31.9 Å². The van der Waals surface area contributed by atoms with Crippen molar-refractivity contribution in [2.24, 2.45) is 5.92 Å². The number of nitrogens with one attached hydrogen (secondary N) is 1. The van der Waals surface area contributed by atoms with Crippen LogP contribution in [0.2, 0.25) is 0 Å². The van der Waals surface area contributed by atoms with E-state index in [1.807, 2.05) is 0 Å². The van der Waals surface area contributed by atoms with Gasteiger partial charge in [-0.2, -0.15) is 0 Å². The molecule has 4 nitrogen and oxygen atoms in total. The number of hydrogen-bond donors (Lipinski definition) is 2. The first-order chi connectivity index (χ1) is 11.3. The van der Waals surface area contributed by atoms with E-state index in [9.17, 15) is 9.90 Å². The minimum Gasteiger partial charge on any atom is -0.396 e. The number of anilines is 1. The monoisotopic (exact) mass is 334 g/mol. The lowest BCUT2D eigenvalue weighted by molar-refractivity contribution is -0.120. The van der Waals surface area contributed by atoms with Crippen LogP contribution in [0.4, 0.5) is 5.69 Å². The Balaban J connectivity index is 1.48. The summed E-state index contributed by atoms with van der Waals surface area (Å²) in [5.41, 5.74) is 2.39. The van der Waals surface area contributed by atoms with Crippen LogP contribution in [0.5, 0.6) is 0 Å². The summed E-state index contributed by atoms with van der Waals surface area (Å²) in [6.45, 7) is 2.95. The Hall–Kier alpha value is -1.20. The van der Waals surface area contributed by atoms with Crippen LogP contribution >= 0.6 is 11.8 Å². The van der Waals surface area contributed by atoms with Gasteiger partial charge in [-0.15, -0.1) is 11.8 Å². The van der Waals surface area contributed by atoms with Gasteiger partial charge >= 0.3 is 0 Å². The average molecular weight is 334 g/mol. The van der Waals surface area contributed by atoms with Crippen LogP contribution in [0.1, 0.15) is 31.2 Å². The van der Waals surface area contributed by atoms with Gasteiger partial charge < -0.3 is 15.3 Å². The third-order valence-corrected chi connectivity index (χ3v) is 6.24. The van der Waals surface area contributed by atoms with Gasteiger partial charge in [-0.05, 0) is 55.1 Å². The van der Waals surface area contributed by atoms with Crippen LogP contribution in [-0.4, -0.2) is 41.7 Å². The average Bonchev–Trinajstić information content (AvgIpc) is 3.15. The molecule has 1 aromatic carbocycles. The molecule has 2 saturated heterocycles. The van der Waals surface area contributed by atoms with Gasteiger partial charge in [-0.3, -0.25) is 4.79 Å². The number of thioether (sulfide) groups is 1. The summed E-state index contributed by atoms with van der Waals surface area (Å²) in [7, 11) is 0. The van der Waals surface area contributed by atoms with Gasteiger partial charge in [0.25, 0.3) is 0 Å². The van der Waals surface area contributed by atoms with Crippen LogP contribution in [0.25, 0.3) is 0 Å². The molecule has 0 aromatic heterocycles. The zero-order valence-electron chi connectivity index (χ0n) is 13.5. The predicted molar refractivity (Wildman–Crippen MR) is 95.8 cm³/mol. The summed E-state index contributed by atoms with van der Waals surface area (Å²) < 4.78 is 0. The van der Waals surface area contributed by atoms with Crippen molar-refractivity contribution in [3.05, 3.63) is 29.8 Å². The van der Waals surface area contributed by atoms with E-state index in [4.69, 9.17) is 0 Å². The van der Waals surface area contributed by atoms with Crippen molar-refractivity contribution in [2.45, 2.75) is 37.5 Å². The molecule has 0 saturated carbocycles. The highest BCUT2D eigenvalue weighted by Crippen LogP contribution is 2.26. The fourth-order valence-corrected chi connectivity index (χ4v) is 4.47. The molecule has 1 aromatic rings. The molecule has 126 valence electrons. The molecule has 1 atom stereocenters. The van der Waals surface area contributed by atoms with Crippen LogP contribution in [0.15, 0.2) is 24.3 Å². The number of benzene rings is 1. The molecule has 0 aliphatic carbocycles. The Morgan fingerprint density at radius 3 is 2.57 bits per heavy atom. The molecule has 23 heavy (non-hydrogen) atoms. The van der Waals surface area contributed by atoms with E-state index >= 15 is 0 Å². The first-order valence-corrected chi connectivity index (χ1v) is 9.65. The van der Waals surface area contributed by atoms with E-state index in [2.05, 4.69) is 34.5 Å². The predicted octanol–water partition coefficient (Wildman–Crippen LogP) is 2.41. The molecule has 0 spiro atoms. The minimum atomic E-state index is 0.155. The molecule has 1 unspecified atom stereocenters. The zero-order chi connectivity index (χ0) is 16.1. The molecule has 2 fully saturated rings. The number of piperidine rings is 1. The largest absolute Gasteiger partial charge is 0.396 e. The van der Waals surface area contributed by atoms with Gasteiger partial charge in [0.15, 0.2) is 0 Å². The zero-order valence-corrected chi connectivity index (χ0v) is 14.4. The summed E-state index contributed by atoms with van der Waals surface area (Å²) in [4.78, 5) is 14.4. The SMILES string of the molecule is O=C(NCc1ccc(N2CCC(CO)CC2)cc1)C1CCCS1. The highest BCUT2D eigenvalue weighted by atomic mass is 32.2. The fourth-order valence-electron chi connectivity index (χ4n) is 3.29. The lowest BCUT2D eigenvalue weighted by Gasteiger charge is -2.33. The number of carbonyl (C=O) groups excluding carboxylic acids is 1. The highest BCUT2D eigenvalue weighted by Gasteiger charge is 2.23. The Morgan fingerprint density at radius 1 is 1.22 bits per heavy atom. The first-order valence-electron chi connectivity index (χ1n) is 8.60. The topological polar surface area (TPSA) is 52.6 Å². The van der Waals surface area contributed by atoms with E-state index < -0.39 is 0 Å². The first kappa shape index (κ1) is 16.7. The molecule has 2 aliphatic rings. The molecule has 5 heteroatoms. The molecule has 2 N–H and O–H groups in total. The van der Waals surface area contributed by atoms with Crippen LogP contribution < -0.4 is 10.2 Å². The standard InChI is InChI=1S/C18H26N2O2S/c21-13-15-7-9-20(10-8-15)16-5-3-14(4-6-16)12-19-18(22)17-2-1-11-23-17/h3-6,15,17,21H,1-2,7-13H2,(H,19,22). The molecule has 0 bridgehead atoms. The Morgan fingerprint density at radius 2 is 1.96 bits per heavy atom. The summed E-state index contributed by atoms with van der Waals surface area (Å²) in [5, 5.41) is 12.4. The highest BCUT2D eigenvalue weighted by molar-refractivity contribution is 8.00. The second-order valence-corrected chi connectivity index (χ2v) is 7.81. The maximum atomic E-state index is 12.0. The van der Waals surface area contributed by atoms with Crippen molar-refractivity contribution in [3.63, 3.8) is 0 Å². The summed E-state index contributed by atoms with van der Waals surface area (Å²) in [6, 6.07) is 8.50. The van der Waals surface area contributed by atoms with Gasteiger partial charge in [-0.25, -0.2) is 0 Å². The lowest BCUT2D eigenvalue weighted by atomic mass is 9.97. The molecule has 0 radical (unpaired) electrons. The normalized spacial score (nSPS) is 22.3. The van der Waals surface area contributed by atoms with Gasteiger partial charge in [0.2, 0.25) is 5.91 Å². The third kappa shape index (κ3) is 4.42. The minimum absolute atomic E-state index is 0.155. The quantitative estimate of drug-likeness (QED) is 0.868. The van der Waals surface area contributed by atoms with Crippen molar-refractivity contribution in [2.75, 3.05) is 30.3 Å². The Kier molecular flexibility index (Phi) is 5.84. The Labute approximate surface area is 142 Å². The van der Waals surface area contributed by atoms with Crippen LogP contribution in [0, 0.1) is 5.92 Å². The maximum absolute atomic E-state index is 12.0. The molecule has 2 aliphatic heterocycles. The van der Waals surface area contributed by atoms with Crippen molar-refractivity contribution in [3.8, 4) is 0 Å². The Bertz CT molecular complexity index is 506. The van der Waals surface area contributed by atoms with E-state index in [-0.39, 0.29) is 11.2 Å². The van der Waals surface area contributed by atoms with E-state index in [0.29, 0.717) is 19.1 Å². The van der Waals surface area contributed by atoms with E-state index in [1.54, 1.807) is 11.8 Å². The molecule has 2 heterocycles. The smallest absolute Gasteiger partial charge is 0.233 e. The molecular formula is C18H26N2O2S. The van der Waals surface area contributed by atoms with Crippen molar-refractivity contribution >= 4 is 23.4 Å². The number of hydrogen-bond acceptors (Lipinski definition) is 4. The summed E-state index contributed by atoms with van der Waals surface area (Å²) in [5.74, 6) is 1.76. The summed E-state index contributed by atoms with van der Waals surface area (Å²) >= 11 is 1.77. The van der Waals surface area contributed by atoms with Gasteiger partial charge in [0.05, 0.1) is 5.25 Å². The van der Waals surface area contributed by atoms with E-state index in [0.717, 1.165) is 50.1 Å². The summed E-state index contributed by atoms with van der Waals surface area (Å²) in [6.07, 6.45) is 4.30. The second kappa shape index (κ2) is 8.06. The fraction of sp³-hybridized carbons (Fsp3) is 0.611. The van der Waals surface area contributed by atoms with Crippen molar-refractivity contribution in [1.29, 1.82) is 0 Å². The number of aliphatic hydroxyl groups excluding tert-OH is 1.